The highest BCUT2D eigenvalue weighted by atomic mass is 19.4. The molecule has 1 unspecified atom stereocenters. The molecular weight excluding hydrogens is 261 g/mol. The number of H-pyrrole nitrogens is 1. The highest BCUT2D eigenvalue weighted by Crippen LogP contribution is 2.28. The van der Waals surface area contributed by atoms with Crippen molar-refractivity contribution in [3.05, 3.63) is 34.3 Å². The molecule has 1 aromatic carbocycles. The van der Waals surface area contributed by atoms with Crippen molar-refractivity contribution in [3.8, 4) is 0 Å². The summed E-state index contributed by atoms with van der Waals surface area (Å²) in [7, 11) is 1.60. The standard InChI is InChI=1S/C12H13F3N2O2/c1-16-8(4-5-12(13,14)15)7-2-3-9-10(6-7)19-11(18)17-9/h2-3,6,8,16H,4-5H2,1H3,(H,17,18). The van der Waals surface area contributed by atoms with E-state index in [9.17, 15) is 18.0 Å². The summed E-state index contributed by atoms with van der Waals surface area (Å²) in [4.78, 5) is 13.5. The first-order valence-electron chi connectivity index (χ1n) is 5.76. The number of nitrogens with one attached hydrogen (secondary N) is 2. The van der Waals surface area contributed by atoms with Crippen molar-refractivity contribution < 1.29 is 17.6 Å². The second-order valence-corrected chi connectivity index (χ2v) is 4.27. The third-order valence-electron chi connectivity index (χ3n) is 2.91. The van der Waals surface area contributed by atoms with Gasteiger partial charge >= 0.3 is 11.9 Å². The molecule has 0 aliphatic carbocycles. The molecule has 0 aliphatic heterocycles. The van der Waals surface area contributed by atoms with E-state index >= 15 is 0 Å². The molecule has 0 saturated carbocycles. The fourth-order valence-corrected chi connectivity index (χ4v) is 1.96. The fraction of sp³-hybridized carbons (Fsp3) is 0.417. The first-order chi connectivity index (χ1) is 8.89. The van der Waals surface area contributed by atoms with E-state index in [0.717, 1.165) is 0 Å². The molecular formula is C12H13F3N2O2. The number of rotatable bonds is 4. The van der Waals surface area contributed by atoms with Gasteiger partial charge in [-0.05, 0) is 31.2 Å². The van der Waals surface area contributed by atoms with Crippen LogP contribution in [-0.2, 0) is 0 Å². The number of alkyl halides is 3. The molecule has 0 aliphatic rings. The van der Waals surface area contributed by atoms with Crippen molar-refractivity contribution in [1.82, 2.24) is 10.3 Å². The van der Waals surface area contributed by atoms with Gasteiger partial charge in [-0.2, -0.15) is 13.2 Å². The molecule has 2 aromatic rings. The summed E-state index contributed by atoms with van der Waals surface area (Å²) >= 11 is 0. The van der Waals surface area contributed by atoms with Crippen molar-refractivity contribution in [2.24, 2.45) is 0 Å². The topological polar surface area (TPSA) is 58.0 Å². The lowest BCUT2D eigenvalue weighted by Crippen LogP contribution is -2.19. The van der Waals surface area contributed by atoms with E-state index in [1.807, 2.05) is 0 Å². The van der Waals surface area contributed by atoms with Crippen molar-refractivity contribution in [2.45, 2.75) is 25.1 Å². The zero-order valence-electron chi connectivity index (χ0n) is 10.2. The van der Waals surface area contributed by atoms with Crippen LogP contribution in [0.15, 0.2) is 27.4 Å². The van der Waals surface area contributed by atoms with Gasteiger partial charge in [-0.1, -0.05) is 6.07 Å². The number of hydrogen-bond acceptors (Lipinski definition) is 3. The Hall–Kier alpha value is -1.76. The molecule has 2 N–H and O–H groups in total. The number of benzene rings is 1. The van der Waals surface area contributed by atoms with Gasteiger partial charge < -0.3 is 9.73 Å². The van der Waals surface area contributed by atoms with E-state index in [0.29, 0.717) is 16.7 Å². The Morgan fingerprint density at radius 3 is 2.79 bits per heavy atom. The first kappa shape index (κ1) is 13.7. The van der Waals surface area contributed by atoms with E-state index in [-0.39, 0.29) is 6.42 Å². The molecule has 2 rings (SSSR count). The summed E-state index contributed by atoms with van der Waals surface area (Å²) in [6.07, 6.45) is -5.12. The van der Waals surface area contributed by atoms with Crippen LogP contribution in [0.25, 0.3) is 11.1 Å². The summed E-state index contributed by atoms with van der Waals surface area (Å²) < 4.78 is 41.6. The Bertz CT molecular complexity index is 615. The average molecular weight is 274 g/mol. The van der Waals surface area contributed by atoms with Gasteiger partial charge in [-0.15, -0.1) is 0 Å². The number of aromatic amines is 1. The molecule has 1 atom stereocenters. The summed E-state index contributed by atoms with van der Waals surface area (Å²) in [6, 6.07) is 4.43. The lowest BCUT2D eigenvalue weighted by Gasteiger charge is -2.17. The highest BCUT2D eigenvalue weighted by molar-refractivity contribution is 5.72. The Morgan fingerprint density at radius 1 is 1.42 bits per heavy atom. The van der Waals surface area contributed by atoms with Crippen LogP contribution < -0.4 is 11.1 Å². The number of halogens is 3. The predicted molar refractivity (Wildman–Crippen MR) is 63.9 cm³/mol. The van der Waals surface area contributed by atoms with Crippen molar-refractivity contribution in [2.75, 3.05) is 7.05 Å². The zero-order valence-corrected chi connectivity index (χ0v) is 10.2. The molecule has 1 aromatic heterocycles. The number of oxazole rings is 1. The average Bonchev–Trinajstić information content (AvgIpc) is 2.67. The van der Waals surface area contributed by atoms with Gasteiger partial charge in [0.25, 0.3) is 0 Å². The summed E-state index contributed by atoms with van der Waals surface area (Å²) in [6.45, 7) is 0. The molecule has 0 spiro atoms. The molecule has 7 heteroatoms. The molecule has 19 heavy (non-hydrogen) atoms. The second kappa shape index (κ2) is 5.08. The number of hydrogen-bond donors (Lipinski definition) is 2. The van der Waals surface area contributed by atoms with Crippen molar-refractivity contribution >= 4 is 11.1 Å². The molecule has 0 saturated heterocycles. The minimum absolute atomic E-state index is 0.0693. The van der Waals surface area contributed by atoms with Crippen LogP contribution in [0.2, 0.25) is 0 Å². The summed E-state index contributed by atoms with van der Waals surface area (Å²) in [5.74, 6) is -0.580. The lowest BCUT2D eigenvalue weighted by atomic mass is 10.0. The van der Waals surface area contributed by atoms with Crippen LogP contribution in [0.3, 0.4) is 0 Å². The van der Waals surface area contributed by atoms with Gasteiger partial charge in [-0.3, -0.25) is 4.98 Å². The molecule has 0 amide bonds. The minimum atomic E-state index is -4.18. The fourth-order valence-electron chi connectivity index (χ4n) is 1.96. The van der Waals surface area contributed by atoms with Crippen LogP contribution >= 0.6 is 0 Å². The number of aromatic nitrogens is 1. The number of fused-ring (bicyclic) bond motifs is 1. The van der Waals surface area contributed by atoms with Gasteiger partial charge in [0.1, 0.15) is 0 Å². The van der Waals surface area contributed by atoms with Crippen molar-refractivity contribution in [1.29, 1.82) is 0 Å². The van der Waals surface area contributed by atoms with Crippen LogP contribution in [0.5, 0.6) is 0 Å². The monoisotopic (exact) mass is 274 g/mol. The molecule has 4 nitrogen and oxygen atoms in total. The highest BCUT2D eigenvalue weighted by Gasteiger charge is 2.28. The van der Waals surface area contributed by atoms with Crippen LogP contribution in [0.4, 0.5) is 13.2 Å². The summed E-state index contributed by atoms with van der Waals surface area (Å²) in [5, 5.41) is 2.83. The van der Waals surface area contributed by atoms with Crippen LogP contribution in [0.1, 0.15) is 24.4 Å². The van der Waals surface area contributed by atoms with Gasteiger partial charge in [0.15, 0.2) is 5.58 Å². The van der Waals surface area contributed by atoms with Crippen molar-refractivity contribution in [3.63, 3.8) is 0 Å². The van der Waals surface area contributed by atoms with E-state index in [1.165, 1.54) is 0 Å². The SMILES string of the molecule is CNC(CCC(F)(F)F)c1ccc2[nH]c(=O)oc2c1. The molecule has 1 heterocycles. The largest absolute Gasteiger partial charge is 0.417 e. The predicted octanol–water partition coefficient (Wildman–Crippen LogP) is 2.72. The van der Waals surface area contributed by atoms with E-state index in [2.05, 4.69) is 10.3 Å². The third kappa shape index (κ3) is 3.37. The van der Waals surface area contributed by atoms with Crippen LogP contribution in [-0.4, -0.2) is 18.2 Å². The Balaban J connectivity index is 2.22. The molecule has 104 valence electrons. The molecule has 0 fully saturated rings. The normalized spacial score (nSPS) is 13.9. The van der Waals surface area contributed by atoms with E-state index in [1.54, 1.807) is 25.2 Å². The van der Waals surface area contributed by atoms with E-state index < -0.39 is 24.4 Å². The lowest BCUT2D eigenvalue weighted by molar-refractivity contribution is -0.136. The molecule has 0 bridgehead atoms. The van der Waals surface area contributed by atoms with Gasteiger partial charge in [-0.25, -0.2) is 4.79 Å². The van der Waals surface area contributed by atoms with Gasteiger partial charge in [0.05, 0.1) is 5.52 Å². The van der Waals surface area contributed by atoms with Gasteiger partial charge in [0.2, 0.25) is 0 Å². The second-order valence-electron chi connectivity index (χ2n) is 4.27. The van der Waals surface area contributed by atoms with E-state index in [4.69, 9.17) is 4.42 Å². The first-order valence-corrected chi connectivity index (χ1v) is 5.76. The molecule has 0 radical (unpaired) electrons. The van der Waals surface area contributed by atoms with Gasteiger partial charge in [0, 0.05) is 12.5 Å². The maximum absolute atomic E-state index is 12.2. The Labute approximate surface area is 106 Å². The third-order valence-corrected chi connectivity index (χ3v) is 2.91. The van der Waals surface area contributed by atoms with Crippen LogP contribution in [0, 0.1) is 0 Å². The Morgan fingerprint density at radius 2 is 2.16 bits per heavy atom. The smallest absolute Gasteiger partial charge is 0.408 e. The quantitative estimate of drug-likeness (QED) is 0.901. The maximum atomic E-state index is 12.2. The summed E-state index contributed by atoms with van der Waals surface area (Å²) in [5.41, 5.74) is 1.52. The Kier molecular flexibility index (Phi) is 3.66. The zero-order chi connectivity index (χ0) is 14.0. The maximum Gasteiger partial charge on any atom is 0.417 e. The minimum Gasteiger partial charge on any atom is -0.408 e.